The van der Waals surface area contributed by atoms with Crippen molar-refractivity contribution in [3.05, 3.63) is 77.9 Å². The molecule has 0 saturated heterocycles. The summed E-state index contributed by atoms with van der Waals surface area (Å²) < 4.78 is 11.3. The third kappa shape index (κ3) is 2.30. The van der Waals surface area contributed by atoms with Crippen LogP contribution in [0.15, 0.2) is 66.7 Å². The van der Waals surface area contributed by atoms with E-state index in [1.165, 1.54) is 6.08 Å². The molecule has 0 aromatic heterocycles. The smallest absolute Gasteiger partial charge is 0.338 e. The van der Waals surface area contributed by atoms with Crippen molar-refractivity contribution in [2.24, 2.45) is 0 Å². The Morgan fingerprint density at radius 3 is 2.10 bits per heavy atom. The van der Waals surface area contributed by atoms with Gasteiger partial charge in [0.15, 0.2) is 0 Å². The van der Waals surface area contributed by atoms with E-state index in [2.05, 4.69) is 0 Å². The molecule has 0 aliphatic carbocycles. The van der Waals surface area contributed by atoms with Gasteiger partial charge in [-0.2, -0.15) is 0 Å². The highest BCUT2D eigenvalue weighted by molar-refractivity contribution is 5.91. The van der Waals surface area contributed by atoms with E-state index in [0.29, 0.717) is 5.76 Å². The monoisotopic (exact) mass is 266 g/mol. The minimum atomic E-state index is -1.10. The van der Waals surface area contributed by atoms with E-state index in [1.54, 1.807) is 6.92 Å². The van der Waals surface area contributed by atoms with Crippen LogP contribution < -0.4 is 0 Å². The van der Waals surface area contributed by atoms with Gasteiger partial charge in [0, 0.05) is 18.1 Å². The largest absolute Gasteiger partial charge is 0.447 e. The normalized spacial score (nSPS) is 21.6. The van der Waals surface area contributed by atoms with E-state index < -0.39 is 11.8 Å². The summed E-state index contributed by atoms with van der Waals surface area (Å²) in [5.41, 5.74) is 1.65. The quantitative estimate of drug-likeness (QED) is 0.781. The summed E-state index contributed by atoms with van der Waals surface area (Å²) in [6.45, 7) is 1.75. The van der Waals surface area contributed by atoms with Crippen LogP contribution in [-0.2, 0) is 20.1 Å². The summed E-state index contributed by atoms with van der Waals surface area (Å²) in [7, 11) is 0. The molecular weight excluding hydrogens is 252 g/mol. The molecule has 1 unspecified atom stereocenters. The zero-order valence-electron chi connectivity index (χ0n) is 11.1. The zero-order valence-corrected chi connectivity index (χ0v) is 11.1. The summed E-state index contributed by atoms with van der Waals surface area (Å²) in [6, 6.07) is 19.0. The maximum absolute atomic E-state index is 11.9. The van der Waals surface area contributed by atoms with Gasteiger partial charge in [-0.05, 0) is 0 Å². The third-order valence-corrected chi connectivity index (χ3v) is 3.21. The maximum atomic E-state index is 11.9. The lowest BCUT2D eigenvalue weighted by atomic mass is 10.1. The number of ether oxygens (including phenoxy) is 2. The van der Waals surface area contributed by atoms with Crippen molar-refractivity contribution in [2.75, 3.05) is 0 Å². The van der Waals surface area contributed by atoms with Crippen LogP contribution in [0.5, 0.6) is 0 Å². The summed E-state index contributed by atoms with van der Waals surface area (Å²) in [4.78, 5) is 11.9. The predicted octanol–water partition coefficient (Wildman–Crippen LogP) is 3.47. The Morgan fingerprint density at radius 2 is 1.45 bits per heavy atom. The van der Waals surface area contributed by atoms with E-state index >= 15 is 0 Å². The standard InChI is InChI=1S/C17H14O3/c1-17(14-10-6-3-7-11-14)19-15(12-16(18)20-17)13-8-4-2-5-9-13/h2-12H,1H3. The molecule has 1 heterocycles. The number of carbonyl (C=O) groups excluding carboxylic acids is 1. The summed E-state index contributed by atoms with van der Waals surface area (Å²) in [6.07, 6.45) is 1.38. The van der Waals surface area contributed by atoms with E-state index in [9.17, 15) is 4.79 Å². The number of hydrogen-bond donors (Lipinski definition) is 0. The second-order valence-electron chi connectivity index (χ2n) is 4.71. The number of esters is 1. The molecule has 0 N–H and O–H groups in total. The molecule has 2 aromatic carbocycles. The van der Waals surface area contributed by atoms with E-state index in [4.69, 9.17) is 9.47 Å². The van der Waals surface area contributed by atoms with E-state index in [1.807, 2.05) is 60.7 Å². The lowest BCUT2D eigenvalue weighted by molar-refractivity contribution is -0.206. The van der Waals surface area contributed by atoms with Gasteiger partial charge in [0.05, 0.1) is 6.08 Å². The number of hydrogen-bond acceptors (Lipinski definition) is 3. The van der Waals surface area contributed by atoms with Gasteiger partial charge >= 0.3 is 5.97 Å². The molecule has 0 saturated carbocycles. The first-order valence-corrected chi connectivity index (χ1v) is 6.42. The topological polar surface area (TPSA) is 35.5 Å². The highest BCUT2D eigenvalue weighted by atomic mass is 16.7. The molecule has 3 heteroatoms. The van der Waals surface area contributed by atoms with Crippen LogP contribution in [0.25, 0.3) is 5.76 Å². The van der Waals surface area contributed by atoms with Crippen molar-refractivity contribution in [3.8, 4) is 0 Å². The fourth-order valence-electron chi connectivity index (χ4n) is 2.19. The lowest BCUT2D eigenvalue weighted by Crippen LogP contribution is -2.34. The van der Waals surface area contributed by atoms with Gasteiger partial charge in [0.1, 0.15) is 5.76 Å². The molecular formula is C17H14O3. The van der Waals surface area contributed by atoms with Crippen LogP contribution in [0.4, 0.5) is 0 Å². The fourth-order valence-corrected chi connectivity index (χ4v) is 2.19. The number of carbonyl (C=O) groups is 1. The van der Waals surface area contributed by atoms with Gasteiger partial charge in [-0.15, -0.1) is 0 Å². The number of benzene rings is 2. The molecule has 0 spiro atoms. The summed E-state index contributed by atoms with van der Waals surface area (Å²) in [5, 5.41) is 0. The first-order valence-electron chi connectivity index (χ1n) is 6.42. The SMILES string of the molecule is CC1(c2ccccc2)OC(=O)C=C(c2ccccc2)O1. The van der Waals surface area contributed by atoms with Crippen molar-refractivity contribution in [1.29, 1.82) is 0 Å². The van der Waals surface area contributed by atoms with Crippen molar-refractivity contribution in [3.63, 3.8) is 0 Å². The Balaban J connectivity index is 1.99. The molecule has 0 amide bonds. The Kier molecular flexibility index (Phi) is 3.03. The van der Waals surface area contributed by atoms with Gasteiger partial charge in [-0.1, -0.05) is 60.7 Å². The minimum Gasteiger partial charge on any atom is -0.447 e. The van der Waals surface area contributed by atoms with E-state index in [-0.39, 0.29) is 0 Å². The number of rotatable bonds is 2. The van der Waals surface area contributed by atoms with Crippen molar-refractivity contribution < 1.29 is 14.3 Å². The van der Waals surface area contributed by atoms with Crippen LogP contribution in [0.3, 0.4) is 0 Å². The maximum Gasteiger partial charge on any atom is 0.338 e. The van der Waals surface area contributed by atoms with Gasteiger partial charge in [-0.3, -0.25) is 0 Å². The molecule has 0 radical (unpaired) electrons. The average molecular weight is 266 g/mol. The molecule has 1 aliphatic rings. The van der Waals surface area contributed by atoms with Crippen LogP contribution in [0.2, 0.25) is 0 Å². The molecule has 1 atom stereocenters. The van der Waals surface area contributed by atoms with Gasteiger partial charge < -0.3 is 9.47 Å². The lowest BCUT2D eigenvalue weighted by Gasteiger charge is -2.34. The Bertz CT molecular complexity index is 646. The molecule has 3 nitrogen and oxygen atoms in total. The second kappa shape index (κ2) is 4.85. The molecule has 2 aromatic rings. The third-order valence-electron chi connectivity index (χ3n) is 3.21. The van der Waals surface area contributed by atoms with Crippen LogP contribution in [0.1, 0.15) is 18.1 Å². The van der Waals surface area contributed by atoms with Crippen molar-refractivity contribution in [2.45, 2.75) is 12.7 Å². The molecule has 0 bridgehead atoms. The first kappa shape index (κ1) is 12.5. The van der Waals surface area contributed by atoms with E-state index in [0.717, 1.165) is 11.1 Å². The predicted molar refractivity (Wildman–Crippen MR) is 75.4 cm³/mol. The second-order valence-corrected chi connectivity index (χ2v) is 4.71. The molecule has 3 rings (SSSR count). The molecule has 1 aliphatic heterocycles. The van der Waals surface area contributed by atoms with Crippen molar-refractivity contribution >= 4 is 11.7 Å². The van der Waals surface area contributed by atoms with Gasteiger partial charge in [0.25, 0.3) is 5.79 Å². The fraction of sp³-hybridized carbons (Fsp3) is 0.118. The van der Waals surface area contributed by atoms with Crippen molar-refractivity contribution in [1.82, 2.24) is 0 Å². The average Bonchev–Trinajstić information content (AvgIpc) is 2.48. The van der Waals surface area contributed by atoms with Gasteiger partial charge in [0.2, 0.25) is 0 Å². The molecule has 20 heavy (non-hydrogen) atoms. The van der Waals surface area contributed by atoms with Crippen LogP contribution in [-0.4, -0.2) is 5.97 Å². The highest BCUT2D eigenvalue weighted by Crippen LogP contribution is 2.36. The molecule has 0 fully saturated rings. The Morgan fingerprint density at radius 1 is 0.850 bits per heavy atom. The highest BCUT2D eigenvalue weighted by Gasteiger charge is 2.37. The van der Waals surface area contributed by atoms with Crippen LogP contribution >= 0.6 is 0 Å². The summed E-state index contributed by atoms with van der Waals surface area (Å²) >= 11 is 0. The molecule has 100 valence electrons. The Hall–Kier alpha value is -2.55. The number of cyclic esters (lactones) is 1. The summed E-state index contributed by atoms with van der Waals surface area (Å²) in [5.74, 6) is -0.979. The zero-order chi connectivity index (χ0) is 14.0. The minimum absolute atomic E-state index is 0.401. The first-order chi connectivity index (χ1) is 9.67. The van der Waals surface area contributed by atoms with Gasteiger partial charge in [-0.25, -0.2) is 4.79 Å². The Labute approximate surface area is 117 Å². The van der Waals surface area contributed by atoms with Crippen LogP contribution in [0, 0.1) is 0 Å².